The third-order valence-corrected chi connectivity index (χ3v) is 4.73. The number of para-hydroxylation sites is 1. The number of hydrogen-bond donors (Lipinski definition) is 2. The van der Waals surface area contributed by atoms with E-state index in [9.17, 15) is 4.79 Å². The summed E-state index contributed by atoms with van der Waals surface area (Å²) in [7, 11) is 0. The molecule has 0 saturated carbocycles. The van der Waals surface area contributed by atoms with E-state index in [2.05, 4.69) is 22.5 Å². The third-order valence-electron chi connectivity index (χ3n) is 4.73. The van der Waals surface area contributed by atoms with Crippen LogP contribution in [0.25, 0.3) is 0 Å². The highest BCUT2D eigenvalue weighted by Crippen LogP contribution is 2.21. The third kappa shape index (κ3) is 7.85. The molecule has 0 atom stereocenters. The van der Waals surface area contributed by atoms with Crippen molar-refractivity contribution in [2.75, 3.05) is 26.2 Å². The summed E-state index contributed by atoms with van der Waals surface area (Å²) in [5.74, 6) is 2.72. The Morgan fingerprint density at radius 3 is 2.47 bits per heavy atom. The smallest absolute Gasteiger partial charge is 0.222 e. The average Bonchev–Trinajstić information content (AvgIpc) is 3.16. The lowest BCUT2D eigenvalue weighted by Gasteiger charge is -2.16. The molecule has 2 aromatic rings. The normalized spacial score (nSPS) is 13.7. The molecule has 1 aliphatic heterocycles. The van der Waals surface area contributed by atoms with Gasteiger partial charge in [0, 0.05) is 32.6 Å². The topological polar surface area (TPSA) is 66.0 Å². The van der Waals surface area contributed by atoms with Gasteiger partial charge in [0.1, 0.15) is 11.5 Å². The van der Waals surface area contributed by atoms with E-state index in [4.69, 9.17) is 4.74 Å². The molecule has 1 saturated heterocycles. The van der Waals surface area contributed by atoms with E-state index >= 15 is 0 Å². The number of halogens is 1. The fourth-order valence-corrected chi connectivity index (χ4v) is 3.22. The summed E-state index contributed by atoms with van der Waals surface area (Å²) < 4.78 is 5.82. The van der Waals surface area contributed by atoms with E-state index in [0.717, 1.165) is 62.0 Å². The molecule has 0 aliphatic carbocycles. The summed E-state index contributed by atoms with van der Waals surface area (Å²) >= 11 is 0. The maximum Gasteiger partial charge on any atom is 0.222 e. The Hall–Kier alpha value is -2.29. The second kappa shape index (κ2) is 13.1. The molecule has 162 valence electrons. The molecule has 0 spiro atoms. The van der Waals surface area contributed by atoms with Gasteiger partial charge < -0.3 is 20.3 Å². The Morgan fingerprint density at radius 2 is 1.80 bits per heavy atom. The standard InChI is InChI=1S/C23H30N4O2.HI/c1-2-24-23(25-15-7-17-27-16-6-10-22(27)28)26-18-19-11-13-21(14-12-19)29-20-8-4-3-5-9-20;/h3-5,8-9,11-14H,2,6-7,10,15-18H2,1H3,(H2,24,25,26);1H. The number of likely N-dealkylation sites (tertiary alicyclic amines) is 1. The summed E-state index contributed by atoms with van der Waals surface area (Å²) in [6.07, 6.45) is 2.61. The van der Waals surface area contributed by atoms with E-state index in [0.29, 0.717) is 13.0 Å². The number of rotatable bonds is 9. The van der Waals surface area contributed by atoms with Gasteiger partial charge >= 0.3 is 0 Å². The lowest BCUT2D eigenvalue weighted by Crippen LogP contribution is -2.39. The van der Waals surface area contributed by atoms with Crippen molar-refractivity contribution in [2.24, 2.45) is 4.99 Å². The Balaban J connectivity index is 0.00000320. The maximum atomic E-state index is 11.7. The zero-order valence-corrected chi connectivity index (χ0v) is 19.8. The number of amides is 1. The number of nitrogens with one attached hydrogen (secondary N) is 2. The molecular weight excluding hydrogens is 491 g/mol. The molecule has 0 radical (unpaired) electrons. The van der Waals surface area contributed by atoms with Gasteiger partial charge in [-0.05, 0) is 49.6 Å². The van der Waals surface area contributed by atoms with Crippen molar-refractivity contribution in [2.45, 2.75) is 32.7 Å². The molecule has 3 rings (SSSR count). The fourth-order valence-electron chi connectivity index (χ4n) is 3.22. The van der Waals surface area contributed by atoms with E-state index in [1.165, 1.54) is 0 Å². The minimum atomic E-state index is 0. The summed E-state index contributed by atoms with van der Waals surface area (Å²) in [6, 6.07) is 17.7. The van der Waals surface area contributed by atoms with Crippen LogP contribution < -0.4 is 15.4 Å². The number of benzene rings is 2. The van der Waals surface area contributed by atoms with Gasteiger partial charge in [0.25, 0.3) is 0 Å². The van der Waals surface area contributed by atoms with Gasteiger partial charge in [-0.15, -0.1) is 24.0 Å². The maximum absolute atomic E-state index is 11.7. The number of hydrogen-bond acceptors (Lipinski definition) is 3. The number of guanidine groups is 1. The van der Waals surface area contributed by atoms with Crippen LogP contribution in [-0.2, 0) is 11.3 Å². The molecule has 0 aromatic heterocycles. The van der Waals surface area contributed by atoms with Crippen molar-refractivity contribution >= 4 is 35.8 Å². The van der Waals surface area contributed by atoms with Gasteiger partial charge in [0.2, 0.25) is 5.91 Å². The fraction of sp³-hybridized carbons (Fsp3) is 0.391. The van der Waals surface area contributed by atoms with Crippen molar-refractivity contribution in [3.05, 3.63) is 60.2 Å². The van der Waals surface area contributed by atoms with Crippen LogP contribution in [0.2, 0.25) is 0 Å². The molecule has 6 nitrogen and oxygen atoms in total. The second-order valence-corrected chi connectivity index (χ2v) is 7.02. The molecule has 7 heteroatoms. The molecule has 0 unspecified atom stereocenters. The lowest BCUT2D eigenvalue weighted by molar-refractivity contribution is -0.127. The minimum Gasteiger partial charge on any atom is -0.457 e. The lowest BCUT2D eigenvalue weighted by atomic mass is 10.2. The van der Waals surface area contributed by atoms with Gasteiger partial charge in [0.05, 0.1) is 6.54 Å². The Morgan fingerprint density at radius 1 is 1.07 bits per heavy atom. The molecule has 1 heterocycles. The Labute approximate surface area is 196 Å². The first-order valence-corrected chi connectivity index (χ1v) is 10.4. The van der Waals surface area contributed by atoms with E-state index < -0.39 is 0 Å². The second-order valence-electron chi connectivity index (χ2n) is 7.02. The molecular formula is C23H31IN4O2. The quantitative estimate of drug-likeness (QED) is 0.225. The average molecular weight is 522 g/mol. The van der Waals surface area contributed by atoms with Gasteiger partial charge in [-0.2, -0.15) is 0 Å². The van der Waals surface area contributed by atoms with Gasteiger partial charge in [0.15, 0.2) is 5.96 Å². The monoisotopic (exact) mass is 522 g/mol. The van der Waals surface area contributed by atoms with Gasteiger partial charge in [-0.3, -0.25) is 4.79 Å². The van der Waals surface area contributed by atoms with Crippen molar-refractivity contribution in [1.29, 1.82) is 0 Å². The SMILES string of the molecule is CCNC(=NCc1ccc(Oc2ccccc2)cc1)NCCCN1CCCC1=O.I. The van der Waals surface area contributed by atoms with Crippen molar-refractivity contribution in [3.63, 3.8) is 0 Å². The Kier molecular flexibility index (Phi) is 10.5. The zero-order valence-electron chi connectivity index (χ0n) is 17.5. The van der Waals surface area contributed by atoms with Crippen LogP contribution in [0.15, 0.2) is 59.6 Å². The number of nitrogens with zero attached hydrogens (tertiary/aromatic N) is 2. The van der Waals surface area contributed by atoms with Crippen molar-refractivity contribution in [3.8, 4) is 11.5 Å². The summed E-state index contributed by atoms with van der Waals surface area (Å²) in [4.78, 5) is 18.3. The summed E-state index contributed by atoms with van der Waals surface area (Å²) in [5.41, 5.74) is 1.12. The van der Waals surface area contributed by atoms with Crippen LogP contribution in [0.4, 0.5) is 0 Å². The number of ether oxygens (including phenoxy) is 1. The predicted molar refractivity (Wildman–Crippen MR) is 132 cm³/mol. The van der Waals surface area contributed by atoms with Crippen molar-refractivity contribution in [1.82, 2.24) is 15.5 Å². The number of aliphatic imine (C=N–C) groups is 1. The largest absolute Gasteiger partial charge is 0.457 e. The van der Waals surface area contributed by atoms with Crippen molar-refractivity contribution < 1.29 is 9.53 Å². The molecule has 1 aliphatic rings. The molecule has 2 N–H and O–H groups in total. The first-order chi connectivity index (χ1) is 14.2. The summed E-state index contributed by atoms with van der Waals surface area (Å²) in [6.45, 7) is 5.95. The summed E-state index contributed by atoms with van der Waals surface area (Å²) in [5, 5.41) is 6.62. The molecule has 1 fully saturated rings. The highest BCUT2D eigenvalue weighted by molar-refractivity contribution is 14.0. The zero-order chi connectivity index (χ0) is 20.3. The molecule has 2 aromatic carbocycles. The predicted octanol–water partition coefficient (Wildman–Crippen LogP) is 4.16. The van der Waals surface area contributed by atoms with Crippen LogP contribution in [0, 0.1) is 0 Å². The first kappa shape index (κ1) is 24.0. The minimum absolute atomic E-state index is 0. The van der Waals surface area contributed by atoms with Crippen LogP contribution in [0.1, 0.15) is 31.7 Å². The van der Waals surface area contributed by atoms with Crippen LogP contribution in [0.5, 0.6) is 11.5 Å². The molecule has 30 heavy (non-hydrogen) atoms. The van der Waals surface area contributed by atoms with Crippen LogP contribution in [-0.4, -0.2) is 42.9 Å². The molecule has 1 amide bonds. The highest BCUT2D eigenvalue weighted by Gasteiger charge is 2.18. The van der Waals surface area contributed by atoms with E-state index in [1.54, 1.807) is 0 Å². The Bertz CT molecular complexity index is 797. The number of carbonyl (C=O) groups excluding carboxylic acids is 1. The van der Waals surface area contributed by atoms with Gasteiger partial charge in [-0.25, -0.2) is 4.99 Å². The number of carbonyl (C=O) groups is 1. The van der Waals surface area contributed by atoms with E-state index in [1.807, 2.05) is 59.5 Å². The molecule has 0 bridgehead atoms. The first-order valence-electron chi connectivity index (χ1n) is 10.4. The van der Waals surface area contributed by atoms with Gasteiger partial charge in [-0.1, -0.05) is 30.3 Å². The van der Waals surface area contributed by atoms with E-state index in [-0.39, 0.29) is 29.9 Å². The van der Waals surface area contributed by atoms with Crippen LogP contribution >= 0.6 is 24.0 Å². The highest BCUT2D eigenvalue weighted by atomic mass is 127. The van der Waals surface area contributed by atoms with Crippen LogP contribution in [0.3, 0.4) is 0 Å².